The molecule has 3 rings (SSSR count). The summed E-state index contributed by atoms with van der Waals surface area (Å²) in [4.78, 5) is 26.7. The molecule has 1 heterocycles. The van der Waals surface area contributed by atoms with Crippen molar-refractivity contribution in [3.05, 3.63) is 65.7 Å². The highest BCUT2D eigenvalue weighted by atomic mass is 16.4. The summed E-state index contributed by atoms with van der Waals surface area (Å²) < 4.78 is 5.56. The van der Waals surface area contributed by atoms with Gasteiger partial charge in [-0.25, -0.2) is 9.78 Å². The maximum atomic E-state index is 11.4. The first-order valence-corrected chi connectivity index (χ1v) is 7.20. The molecule has 0 radical (unpaired) electrons. The fraction of sp³-hybridized carbons (Fsp3) is 0.0556. The number of carboxylic acids is 1. The number of hydrogen-bond acceptors (Lipinski definition) is 5. The van der Waals surface area contributed by atoms with Crippen LogP contribution in [0.2, 0.25) is 0 Å². The van der Waals surface area contributed by atoms with Gasteiger partial charge >= 0.3 is 5.97 Å². The van der Waals surface area contributed by atoms with Crippen LogP contribution in [0.3, 0.4) is 0 Å². The maximum absolute atomic E-state index is 11.4. The van der Waals surface area contributed by atoms with Gasteiger partial charge in [0.05, 0.1) is 11.1 Å². The number of para-hydroxylation sites is 2. The molecule has 0 unspecified atom stereocenters. The number of carboxylic acid groups (broad SMARTS) is 1. The first kappa shape index (κ1) is 15.5. The molecular weight excluding hydrogens is 308 g/mol. The number of rotatable bonds is 5. The molecule has 0 aliphatic heterocycles. The average Bonchev–Trinajstić information content (AvgIpc) is 3.00. The molecule has 0 atom stereocenters. The minimum absolute atomic E-state index is 0.158. The molecule has 0 saturated carbocycles. The predicted octanol–water partition coefficient (Wildman–Crippen LogP) is 3.49. The molecule has 120 valence electrons. The number of aromatic carboxylic acids is 1. The number of nitrogens with one attached hydrogen (secondary N) is 1. The van der Waals surface area contributed by atoms with Crippen molar-refractivity contribution in [3.63, 3.8) is 0 Å². The predicted molar refractivity (Wildman–Crippen MR) is 89.8 cm³/mol. The van der Waals surface area contributed by atoms with Crippen molar-refractivity contribution in [2.24, 2.45) is 0 Å². The van der Waals surface area contributed by atoms with Gasteiger partial charge in [-0.1, -0.05) is 18.2 Å². The van der Waals surface area contributed by atoms with E-state index in [0.717, 1.165) is 5.56 Å². The van der Waals surface area contributed by atoms with Crippen LogP contribution in [0.4, 0.5) is 5.69 Å². The molecule has 2 aromatic carbocycles. The monoisotopic (exact) mass is 322 g/mol. The van der Waals surface area contributed by atoms with Crippen LogP contribution < -0.4 is 5.32 Å². The summed E-state index contributed by atoms with van der Waals surface area (Å²) >= 11 is 0. The van der Waals surface area contributed by atoms with Crippen molar-refractivity contribution in [1.29, 1.82) is 0 Å². The average molecular weight is 322 g/mol. The van der Waals surface area contributed by atoms with Crippen LogP contribution in [-0.2, 0) is 4.79 Å². The van der Waals surface area contributed by atoms with Crippen molar-refractivity contribution in [3.8, 4) is 0 Å². The number of carbonyl (C=O) groups is 2. The number of oxazole rings is 1. The van der Waals surface area contributed by atoms with E-state index in [2.05, 4.69) is 10.3 Å². The quantitative estimate of drug-likeness (QED) is 0.552. The second-order valence-corrected chi connectivity index (χ2v) is 5.18. The van der Waals surface area contributed by atoms with Gasteiger partial charge in [-0.05, 0) is 36.8 Å². The number of hydrogen-bond donors (Lipinski definition) is 2. The fourth-order valence-electron chi connectivity index (χ4n) is 2.21. The van der Waals surface area contributed by atoms with Crippen LogP contribution in [0.25, 0.3) is 16.7 Å². The maximum Gasteiger partial charge on any atom is 0.335 e. The van der Waals surface area contributed by atoms with E-state index in [1.54, 1.807) is 18.2 Å². The van der Waals surface area contributed by atoms with Crippen LogP contribution in [0.15, 0.2) is 53.1 Å². The van der Waals surface area contributed by atoms with Gasteiger partial charge in [0, 0.05) is 11.9 Å². The Hall–Kier alpha value is -3.41. The second-order valence-electron chi connectivity index (χ2n) is 5.18. The molecule has 0 fully saturated rings. The number of benzene rings is 2. The number of aryl methyl sites for hydroxylation is 1. The molecule has 6 nitrogen and oxygen atoms in total. The van der Waals surface area contributed by atoms with Crippen molar-refractivity contribution in [2.45, 2.75) is 6.92 Å². The Morgan fingerprint density at radius 2 is 2.04 bits per heavy atom. The standard InChI is InChI=1S/C18H14N2O4/c1-11-6-7-12(18(22)23)8-15(11)19-9-13(10-21)17-20-14-4-2-3-5-16(14)24-17/h2-10,19H,1H3,(H,22,23)/b13-9+. The van der Waals surface area contributed by atoms with Crippen molar-refractivity contribution < 1.29 is 19.1 Å². The molecule has 0 saturated heterocycles. The van der Waals surface area contributed by atoms with Gasteiger partial charge in [-0.3, -0.25) is 4.79 Å². The largest absolute Gasteiger partial charge is 0.478 e. The van der Waals surface area contributed by atoms with Crippen LogP contribution >= 0.6 is 0 Å². The van der Waals surface area contributed by atoms with Gasteiger partial charge in [0.1, 0.15) is 5.52 Å². The highest BCUT2D eigenvalue weighted by molar-refractivity contribution is 6.06. The lowest BCUT2D eigenvalue weighted by Gasteiger charge is -2.07. The highest BCUT2D eigenvalue weighted by Gasteiger charge is 2.11. The van der Waals surface area contributed by atoms with Crippen LogP contribution in [0.1, 0.15) is 21.8 Å². The van der Waals surface area contributed by atoms with E-state index in [1.165, 1.54) is 18.3 Å². The zero-order chi connectivity index (χ0) is 17.1. The van der Waals surface area contributed by atoms with Crippen molar-refractivity contribution in [2.75, 3.05) is 5.32 Å². The SMILES string of the molecule is Cc1ccc(C(=O)O)cc1N/C=C(\C=O)c1nc2ccccc2o1. The van der Waals surface area contributed by atoms with Gasteiger partial charge in [-0.2, -0.15) is 0 Å². The van der Waals surface area contributed by atoms with Gasteiger partial charge in [0.25, 0.3) is 0 Å². The lowest BCUT2D eigenvalue weighted by molar-refractivity contribution is -0.103. The van der Waals surface area contributed by atoms with Gasteiger partial charge < -0.3 is 14.8 Å². The van der Waals surface area contributed by atoms with Crippen molar-refractivity contribution in [1.82, 2.24) is 4.98 Å². The van der Waals surface area contributed by atoms with E-state index in [-0.39, 0.29) is 17.0 Å². The van der Waals surface area contributed by atoms with Crippen molar-refractivity contribution >= 4 is 34.6 Å². The van der Waals surface area contributed by atoms with E-state index in [4.69, 9.17) is 9.52 Å². The molecule has 6 heteroatoms. The summed E-state index contributed by atoms with van der Waals surface area (Å²) in [6.45, 7) is 1.84. The normalized spacial score (nSPS) is 11.5. The highest BCUT2D eigenvalue weighted by Crippen LogP contribution is 2.21. The molecule has 1 aromatic heterocycles. The number of fused-ring (bicyclic) bond motifs is 1. The first-order chi connectivity index (χ1) is 11.6. The Kier molecular flexibility index (Phi) is 4.11. The molecule has 0 aliphatic rings. The Labute approximate surface area is 137 Å². The molecular formula is C18H14N2O4. The Balaban J connectivity index is 1.92. The smallest absolute Gasteiger partial charge is 0.335 e. The summed E-state index contributed by atoms with van der Waals surface area (Å²) in [5.74, 6) is -0.817. The lowest BCUT2D eigenvalue weighted by atomic mass is 10.1. The minimum atomic E-state index is -1.02. The van der Waals surface area contributed by atoms with Crippen LogP contribution in [-0.4, -0.2) is 22.3 Å². The summed E-state index contributed by atoms with van der Waals surface area (Å²) in [7, 11) is 0. The molecule has 2 N–H and O–H groups in total. The summed E-state index contributed by atoms with van der Waals surface area (Å²) in [5.41, 5.74) is 3.07. The minimum Gasteiger partial charge on any atom is -0.478 e. The molecule has 0 spiro atoms. The Morgan fingerprint density at radius 3 is 2.75 bits per heavy atom. The first-order valence-electron chi connectivity index (χ1n) is 7.20. The number of allylic oxidation sites excluding steroid dienone is 1. The summed E-state index contributed by atoms with van der Waals surface area (Å²) in [6.07, 6.45) is 2.08. The van der Waals surface area contributed by atoms with E-state index in [9.17, 15) is 9.59 Å². The number of carbonyl (C=O) groups excluding carboxylic acids is 1. The molecule has 24 heavy (non-hydrogen) atoms. The summed E-state index contributed by atoms with van der Waals surface area (Å²) in [5, 5.41) is 12.0. The second kappa shape index (κ2) is 6.37. The van der Waals surface area contributed by atoms with Gasteiger partial charge in [0.15, 0.2) is 11.9 Å². The molecule has 3 aromatic rings. The third kappa shape index (κ3) is 3.03. The fourth-order valence-corrected chi connectivity index (χ4v) is 2.21. The zero-order valence-corrected chi connectivity index (χ0v) is 12.8. The molecule has 0 bridgehead atoms. The summed E-state index contributed by atoms with van der Waals surface area (Å²) in [6, 6.07) is 11.9. The number of aromatic nitrogens is 1. The Morgan fingerprint density at radius 1 is 1.25 bits per heavy atom. The van der Waals surface area contributed by atoms with E-state index < -0.39 is 5.97 Å². The lowest BCUT2D eigenvalue weighted by Crippen LogP contribution is -2.00. The van der Waals surface area contributed by atoms with Gasteiger partial charge in [-0.15, -0.1) is 0 Å². The van der Waals surface area contributed by atoms with E-state index in [0.29, 0.717) is 23.1 Å². The van der Waals surface area contributed by atoms with Crippen LogP contribution in [0.5, 0.6) is 0 Å². The molecule has 0 aliphatic carbocycles. The Bertz CT molecular complexity index is 924. The zero-order valence-electron chi connectivity index (χ0n) is 12.8. The topological polar surface area (TPSA) is 92.4 Å². The number of anilines is 1. The van der Waals surface area contributed by atoms with E-state index >= 15 is 0 Å². The van der Waals surface area contributed by atoms with Crippen LogP contribution in [0, 0.1) is 6.92 Å². The van der Waals surface area contributed by atoms with Gasteiger partial charge in [0.2, 0.25) is 5.89 Å². The molecule has 0 amide bonds. The third-order valence-electron chi connectivity index (χ3n) is 3.54. The third-order valence-corrected chi connectivity index (χ3v) is 3.54. The number of aldehydes is 1. The number of nitrogens with zero attached hydrogens (tertiary/aromatic N) is 1. The van der Waals surface area contributed by atoms with E-state index in [1.807, 2.05) is 19.1 Å².